The molecule has 0 unspecified atom stereocenters. The number of carbonyl (C=O) groups is 1. The maximum absolute atomic E-state index is 12.9. The van der Waals surface area contributed by atoms with Crippen LogP contribution < -0.4 is 10.2 Å². The summed E-state index contributed by atoms with van der Waals surface area (Å²) in [6.07, 6.45) is 0. The number of aromatic nitrogens is 3. The third-order valence-electron chi connectivity index (χ3n) is 5.35. The van der Waals surface area contributed by atoms with Gasteiger partial charge in [0.15, 0.2) is 6.61 Å². The van der Waals surface area contributed by atoms with Crippen molar-refractivity contribution in [3.63, 3.8) is 0 Å². The first-order valence-corrected chi connectivity index (χ1v) is 11.8. The Labute approximate surface area is 189 Å². The van der Waals surface area contributed by atoms with Gasteiger partial charge in [-0.15, -0.1) is 5.10 Å². The van der Waals surface area contributed by atoms with Crippen LogP contribution >= 0.6 is 0 Å². The van der Waals surface area contributed by atoms with Crippen molar-refractivity contribution < 1.29 is 22.8 Å². The van der Waals surface area contributed by atoms with Crippen molar-refractivity contribution in [1.29, 1.82) is 0 Å². The zero-order chi connectivity index (χ0) is 22.8. The summed E-state index contributed by atoms with van der Waals surface area (Å²) in [4.78, 5) is 19.1. The first-order chi connectivity index (χ1) is 16.0. The molecular weight excluding hydrogens is 446 g/mol. The maximum Gasteiger partial charge on any atom is 0.265 e. The van der Waals surface area contributed by atoms with Gasteiger partial charge in [0.1, 0.15) is 11.0 Å². The number of morpholine rings is 1. The van der Waals surface area contributed by atoms with Gasteiger partial charge in [0.2, 0.25) is 10.0 Å². The molecule has 5 rings (SSSR count). The minimum atomic E-state index is -3.69. The molecule has 0 saturated carbocycles. The van der Waals surface area contributed by atoms with Gasteiger partial charge in [-0.05, 0) is 46.3 Å². The monoisotopic (exact) mass is 467 g/mol. The summed E-state index contributed by atoms with van der Waals surface area (Å²) in [5.74, 6) is -0.383. The molecule has 11 heteroatoms. The molecule has 170 valence electrons. The summed E-state index contributed by atoms with van der Waals surface area (Å²) in [6, 6.07) is 17.9. The predicted octanol–water partition coefficient (Wildman–Crippen LogP) is 1.67. The number of hydrogen-bond acceptors (Lipinski definition) is 7. The van der Waals surface area contributed by atoms with E-state index in [0.29, 0.717) is 43.0 Å². The second-order valence-corrected chi connectivity index (χ2v) is 9.45. The molecule has 10 nitrogen and oxygen atoms in total. The number of hydrogen-bond donors (Lipinski definition) is 1. The standard InChI is InChI=1S/C22H21N5O5S/c28-22(23-18-6-5-16-3-1-2-4-17(16)13-18)15-32-27-21-14-19(7-8-20(21)24-25-27)33(29,30)26-9-11-31-12-10-26/h1-8,13-14H,9-12,15H2,(H,23,28). The van der Waals surface area contributed by atoms with Gasteiger partial charge in [-0.2, -0.15) is 4.31 Å². The molecule has 0 spiro atoms. The van der Waals surface area contributed by atoms with Gasteiger partial charge in [-0.25, -0.2) is 8.42 Å². The molecule has 4 aromatic rings. The lowest BCUT2D eigenvalue weighted by Gasteiger charge is -2.26. The number of nitrogens with one attached hydrogen (secondary N) is 1. The van der Waals surface area contributed by atoms with Gasteiger partial charge in [-0.1, -0.05) is 35.2 Å². The molecule has 0 bridgehead atoms. The highest BCUT2D eigenvalue weighted by molar-refractivity contribution is 7.89. The number of nitrogens with zero attached hydrogens (tertiary/aromatic N) is 4. The Morgan fingerprint density at radius 3 is 2.64 bits per heavy atom. The number of carbonyl (C=O) groups excluding carboxylic acids is 1. The minimum absolute atomic E-state index is 0.102. The molecule has 0 atom stereocenters. The van der Waals surface area contributed by atoms with Gasteiger partial charge in [-0.3, -0.25) is 4.79 Å². The largest absolute Gasteiger partial charge is 0.385 e. The van der Waals surface area contributed by atoms with Gasteiger partial charge >= 0.3 is 0 Å². The van der Waals surface area contributed by atoms with Crippen molar-refractivity contribution >= 4 is 43.4 Å². The quantitative estimate of drug-likeness (QED) is 0.459. The molecule has 33 heavy (non-hydrogen) atoms. The summed E-state index contributed by atoms with van der Waals surface area (Å²) in [7, 11) is -3.69. The summed E-state index contributed by atoms with van der Waals surface area (Å²) < 4.78 is 32.5. The van der Waals surface area contributed by atoms with E-state index in [-0.39, 0.29) is 17.4 Å². The lowest BCUT2D eigenvalue weighted by Crippen LogP contribution is -2.40. The van der Waals surface area contributed by atoms with E-state index in [0.717, 1.165) is 15.6 Å². The topological polar surface area (TPSA) is 116 Å². The minimum Gasteiger partial charge on any atom is -0.385 e. The number of anilines is 1. The second kappa shape index (κ2) is 8.77. The zero-order valence-corrected chi connectivity index (χ0v) is 18.4. The van der Waals surface area contributed by atoms with Crippen LogP contribution in [0.25, 0.3) is 21.8 Å². The van der Waals surface area contributed by atoms with Crippen molar-refractivity contribution in [2.24, 2.45) is 0 Å². The van der Waals surface area contributed by atoms with Crippen LogP contribution in [0.4, 0.5) is 5.69 Å². The van der Waals surface area contributed by atoms with E-state index < -0.39 is 10.0 Å². The fraction of sp³-hybridized carbons (Fsp3) is 0.227. The normalized spacial score (nSPS) is 15.0. The van der Waals surface area contributed by atoms with Crippen LogP contribution in [0.2, 0.25) is 0 Å². The zero-order valence-electron chi connectivity index (χ0n) is 17.5. The van der Waals surface area contributed by atoms with Crippen molar-refractivity contribution in [2.45, 2.75) is 4.90 Å². The lowest BCUT2D eigenvalue weighted by molar-refractivity contribution is -0.121. The highest BCUT2D eigenvalue weighted by atomic mass is 32.2. The van der Waals surface area contributed by atoms with Crippen molar-refractivity contribution in [2.75, 3.05) is 38.2 Å². The van der Waals surface area contributed by atoms with Crippen molar-refractivity contribution in [3.05, 3.63) is 60.7 Å². The highest BCUT2D eigenvalue weighted by Crippen LogP contribution is 2.22. The van der Waals surface area contributed by atoms with Crippen LogP contribution in [0.15, 0.2) is 65.6 Å². The van der Waals surface area contributed by atoms with Crippen LogP contribution in [0.5, 0.6) is 0 Å². The van der Waals surface area contributed by atoms with E-state index in [2.05, 4.69) is 15.6 Å². The van der Waals surface area contributed by atoms with E-state index in [1.54, 1.807) is 6.07 Å². The molecule has 1 aliphatic heterocycles. The predicted molar refractivity (Wildman–Crippen MR) is 121 cm³/mol. The molecule has 0 radical (unpaired) electrons. The van der Waals surface area contributed by atoms with Gasteiger partial charge < -0.3 is 14.9 Å². The lowest BCUT2D eigenvalue weighted by atomic mass is 10.1. The Hall–Kier alpha value is -3.54. The smallest absolute Gasteiger partial charge is 0.265 e. The maximum atomic E-state index is 12.9. The third kappa shape index (κ3) is 4.38. The number of rotatable bonds is 6. The number of fused-ring (bicyclic) bond motifs is 2. The number of amides is 1. The van der Waals surface area contributed by atoms with Crippen LogP contribution in [0.3, 0.4) is 0 Å². The molecule has 0 aliphatic carbocycles. The SMILES string of the molecule is O=C(COn1nnc2ccc(S(=O)(=O)N3CCOCC3)cc21)Nc1ccc2ccccc2c1. The van der Waals surface area contributed by atoms with E-state index in [9.17, 15) is 13.2 Å². The van der Waals surface area contributed by atoms with E-state index in [4.69, 9.17) is 9.57 Å². The highest BCUT2D eigenvalue weighted by Gasteiger charge is 2.27. The van der Waals surface area contributed by atoms with Crippen LogP contribution in [-0.2, 0) is 19.6 Å². The van der Waals surface area contributed by atoms with Crippen molar-refractivity contribution in [3.8, 4) is 0 Å². The molecule has 1 N–H and O–H groups in total. The molecule has 1 fully saturated rings. The average Bonchev–Trinajstić information content (AvgIpc) is 3.25. The Balaban J connectivity index is 1.30. The summed E-state index contributed by atoms with van der Waals surface area (Å²) in [5, 5.41) is 12.7. The molecule has 1 aliphatic rings. The molecular formula is C22H21N5O5S. The first kappa shape index (κ1) is 21.3. The molecule has 1 aromatic heterocycles. The summed E-state index contributed by atoms with van der Waals surface area (Å²) in [5.41, 5.74) is 1.44. The first-order valence-electron chi connectivity index (χ1n) is 10.4. The number of benzene rings is 3. The Morgan fingerprint density at radius 2 is 1.82 bits per heavy atom. The van der Waals surface area contributed by atoms with Crippen LogP contribution in [0.1, 0.15) is 0 Å². The number of sulfonamides is 1. The molecule has 2 heterocycles. The van der Waals surface area contributed by atoms with Gasteiger partial charge in [0.05, 0.1) is 18.1 Å². The Kier molecular flexibility index (Phi) is 5.67. The third-order valence-corrected chi connectivity index (χ3v) is 7.24. The summed E-state index contributed by atoms with van der Waals surface area (Å²) in [6.45, 7) is 0.977. The molecule has 1 amide bonds. The van der Waals surface area contributed by atoms with Crippen LogP contribution in [0, 0.1) is 0 Å². The average molecular weight is 468 g/mol. The van der Waals surface area contributed by atoms with E-state index in [1.165, 1.54) is 16.4 Å². The second-order valence-electron chi connectivity index (χ2n) is 7.51. The molecule has 1 saturated heterocycles. The van der Waals surface area contributed by atoms with E-state index in [1.807, 2.05) is 42.5 Å². The fourth-order valence-corrected chi connectivity index (χ4v) is 5.08. The van der Waals surface area contributed by atoms with E-state index >= 15 is 0 Å². The molecule has 3 aromatic carbocycles. The van der Waals surface area contributed by atoms with Gasteiger partial charge in [0, 0.05) is 18.8 Å². The Bertz CT molecular complexity index is 1430. The Morgan fingerprint density at radius 1 is 1.03 bits per heavy atom. The van der Waals surface area contributed by atoms with Crippen LogP contribution in [-0.4, -0.2) is 66.7 Å². The number of ether oxygens (including phenoxy) is 1. The van der Waals surface area contributed by atoms with Crippen molar-refractivity contribution in [1.82, 2.24) is 19.5 Å². The van der Waals surface area contributed by atoms with Gasteiger partial charge in [0.25, 0.3) is 5.91 Å². The fourth-order valence-electron chi connectivity index (χ4n) is 3.65. The summed E-state index contributed by atoms with van der Waals surface area (Å²) >= 11 is 0.